The highest BCUT2D eigenvalue weighted by Gasteiger charge is 2.26. The molecule has 0 bridgehead atoms. The molecule has 0 fully saturated rings. The number of esters is 2. The molecule has 0 aliphatic heterocycles. The van der Waals surface area contributed by atoms with Gasteiger partial charge in [-0.15, -0.1) is 0 Å². The molecule has 9 nitrogen and oxygen atoms in total. The van der Waals surface area contributed by atoms with E-state index in [9.17, 15) is 19.0 Å². The van der Waals surface area contributed by atoms with E-state index in [1.54, 1.807) is 0 Å². The normalized spacial score (nSPS) is 14.0. The lowest BCUT2D eigenvalue weighted by Crippen LogP contribution is -2.29. The number of hydrogen-bond donors (Lipinski definition) is 2. The van der Waals surface area contributed by atoms with Crippen molar-refractivity contribution in [1.29, 1.82) is 0 Å². The zero-order valence-electron chi connectivity index (χ0n) is 36.0. The van der Waals surface area contributed by atoms with E-state index >= 15 is 0 Å². The van der Waals surface area contributed by atoms with Gasteiger partial charge in [0.25, 0.3) is 0 Å². The number of unbranched alkanes of at least 4 members (excludes halogenated alkanes) is 16. The van der Waals surface area contributed by atoms with Crippen molar-refractivity contribution in [1.82, 2.24) is 0 Å². The molecule has 0 spiro atoms. The SMILES string of the molecule is CC/C=C\C/C=C\C/C=C\C/C=C\CCCCCCCCCCCCC(=O)OC(COC(=O)CCCCCCC/C=C\C/C=C\CCC)COP(=O)(O)OCCN. The average Bonchev–Trinajstić information content (AvgIpc) is 3.20. The predicted octanol–water partition coefficient (Wildman–Crippen LogP) is 13.1. The van der Waals surface area contributed by atoms with Crippen LogP contribution in [0.4, 0.5) is 0 Å². The van der Waals surface area contributed by atoms with Crippen molar-refractivity contribution >= 4 is 19.8 Å². The Labute approximate surface area is 348 Å². The third-order valence-corrected chi connectivity index (χ3v) is 10.0. The minimum Gasteiger partial charge on any atom is -0.462 e. The number of hydrogen-bond acceptors (Lipinski definition) is 8. The first-order valence-corrected chi connectivity index (χ1v) is 23.9. The molecule has 328 valence electrons. The summed E-state index contributed by atoms with van der Waals surface area (Å²) < 4.78 is 32.8. The number of allylic oxidation sites excluding steroid dienone is 12. The number of phosphoric ester groups is 1. The Hall–Kier alpha value is -2.55. The maximum atomic E-state index is 12.6. The zero-order valence-corrected chi connectivity index (χ0v) is 36.9. The molecule has 0 aromatic carbocycles. The van der Waals surface area contributed by atoms with Gasteiger partial charge in [-0.2, -0.15) is 0 Å². The van der Waals surface area contributed by atoms with Gasteiger partial charge in [0.05, 0.1) is 13.2 Å². The van der Waals surface area contributed by atoms with Gasteiger partial charge in [0.15, 0.2) is 6.10 Å². The summed E-state index contributed by atoms with van der Waals surface area (Å²) in [4.78, 5) is 34.9. The van der Waals surface area contributed by atoms with Crippen LogP contribution in [0.25, 0.3) is 0 Å². The fourth-order valence-corrected chi connectivity index (χ4v) is 6.55. The van der Waals surface area contributed by atoms with Crippen molar-refractivity contribution in [2.45, 2.75) is 187 Å². The molecule has 10 heteroatoms. The monoisotopic (exact) mass is 820 g/mol. The minimum atomic E-state index is -4.38. The summed E-state index contributed by atoms with van der Waals surface area (Å²) >= 11 is 0. The lowest BCUT2D eigenvalue weighted by molar-refractivity contribution is -0.161. The molecule has 3 N–H and O–H groups in total. The van der Waals surface area contributed by atoms with E-state index in [0.29, 0.717) is 12.8 Å². The summed E-state index contributed by atoms with van der Waals surface area (Å²) in [6.45, 7) is 3.52. The average molecular weight is 820 g/mol. The molecular weight excluding hydrogens is 737 g/mol. The fraction of sp³-hybridized carbons (Fsp3) is 0.702. The molecule has 2 unspecified atom stereocenters. The molecule has 57 heavy (non-hydrogen) atoms. The van der Waals surface area contributed by atoms with Crippen LogP contribution in [0.2, 0.25) is 0 Å². The van der Waals surface area contributed by atoms with Crippen LogP contribution in [0, 0.1) is 0 Å². The highest BCUT2D eigenvalue weighted by molar-refractivity contribution is 7.47. The molecule has 0 saturated carbocycles. The molecule has 0 amide bonds. The van der Waals surface area contributed by atoms with E-state index in [1.807, 2.05) is 0 Å². The summed E-state index contributed by atoms with van der Waals surface area (Å²) in [6, 6.07) is 0. The molecule has 0 rings (SSSR count). The molecule has 0 aromatic rings. The lowest BCUT2D eigenvalue weighted by atomic mass is 10.0. The first kappa shape index (κ1) is 54.5. The van der Waals surface area contributed by atoms with E-state index in [1.165, 1.54) is 44.9 Å². The van der Waals surface area contributed by atoms with Gasteiger partial charge in [-0.05, 0) is 77.0 Å². The van der Waals surface area contributed by atoms with Crippen molar-refractivity contribution < 1.29 is 37.6 Å². The van der Waals surface area contributed by atoms with Crippen molar-refractivity contribution in [2.75, 3.05) is 26.4 Å². The first-order chi connectivity index (χ1) is 27.8. The van der Waals surface area contributed by atoms with Crippen LogP contribution in [0.3, 0.4) is 0 Å². The van der Waals surface area contributed by atoms with Crippen LogP contribution in [0.1, 0.15) is 181 Å². The quantitative estimate of drug-likeness (QED) is 0.0267. The van der Waals surface area contributed by atoms with Gasteiger partial charge in [0.1, 0.15) is 6.61 Å². The summed E-state index contributed by atoms with van der Waals surface area (Å²) in [7, 11) is -4.38. The van der Waals surface area contributed by atoms with Crippen LogP contribution in [0.5, 0.6) is 0 Å². The second-order valence-corrected chi connectivity index (χ2v) is 16.0. The number of carbonyl (C=O) groups excluding carboxylic acids is 2. The van der Waals surface area contributed by atoms with Crippen molar-refractivity contribution in [2.24, 2.45) is 5.73 Å². The van der Waals surface area contributed by atoms with E-state index in [2.05, 4.69) is 86.8 Å². The molecule has 0 saturated heterocycles. The standard InChI is InChI=1S/C47H82NO8P/c1-3-5-7-9-11-13-15-17-18-19-20-21-22-23-24-25-26-28-30-32-34-36-38-40-47(50)56-45(44-55-57(51,52)54-42-41-48)43-53-46(49)39-37-35-33-31-29-27-16-14-12-10-8-6-4-2/h5,7-8,10-11,13-14,16-18,20-21,45H,3-4,6,9,12,15,19,22-44,48H2,1-2H3,(H,51,52)/b7-5-,10-8-,13-11-,16-14-,18-17-,21-20-. The number of rotatable bonds is 41. The summed E-state index contributed by atoms with van der Waals surface area (Å²) in [5.74, 6) is -0.855. The van der Waals surface area contributed by atoms with Crippen LogP contribution < -0.4 is 5.73 Å². The number of ether oxygens (including phenoxy) is 2. The Morgan fingerprint density at radius 3 is 1.44 bits per heavy atom. The van der Waals surface area contributed by atoms with Crippen LogP contribution in [0.15, 0.2) is 72.9 Å². The van der Waals surface area contributed by atoms with Crippen LogP contribution in [-0.2, 0) is 32.7 Å². The second kappa shape index (κ2) is 43.0. The number of carbonyl (C=O) groups is 2. The molecule has 2 atom stereocenters. The van der Waals surface area contributed by atoms with Gasteiger partial charge >= 0.3 is 19.8 Å². The van der Waals surface area contributed by atoms with Gasteiger partial charge in [-0.3, -0.25) is 18.6 Å². The second-order valence-electron chi connectivity index (χ2n) is 14.5. The molecule has 0 aromatic heterocycles. The van der Waals surface area contributed by atoms with E-state index < -0.39 is 32.5 Å². The van der Waals surface area contributed by atoms with Crippen LogP contribution >= 0.6 is 7.82 Å². The highest BCUT2D eigenvalue weighted by Crippen LogP contribution is 2.43. The largest absolute Gasteiger partial charge is 0.472 e. The van der Waals surface area contributed by atoms with E-state index in [4.69, 9.17) is 24.3 Å². The minimum absolute atomic E-state index is 0.0474. The molecular formula is C47H82NO8P. The van der Waals surface area contributed by atoms with Gasteiger partial charge in [0, 0.05) is 19.4 Å². The predicted molar refractivity (Wildman–Crippen MR) is 238 cm³/mol. The van der Waals surface area contributed by atoms with Crippen molar-refractivity contribution in [3.63, 3.8) is 0 Å². The molecule has 0 aliphatic rings. The fourth-order valence-electron chi connectivity index (χ4n) is 5.78. The summed E-state index contributed by atoms with van der Waals surface area (Å²) in [6.07, 6.45) is 52.2. The van der Waals surface area contributed by atoms with Crippen molar-refractivity contribution in [3.05, 3.63) is 72.9 Å². The summed E-state index contributed by atoms with van der Waals surface area (Å²) in [5, 5.41) is 0. The molecule has 0 aliphatic carbocycles. The molecule has 0 heterocycles. The topological polar surface area (TPSA) is 134 Å². The number of phosphoric acid groups is 1. The Balaban J connectivity index is 4.12. The maximum absolute atomic E-state index is 12.6. The Morgan fingerprint density at radius 2 is 0.965 bits per heavy atom. The van der Waals surface area contributed by atoms with E-state index in [-0.39, 0.29) is 32.6 Å². The third kappa shape index (κ3) is 42.9. The lowest BCUT2D eigenvalue weighted by Gasteiger charge is -2.19. The van der Waals surface area contributed by atoms with Gasteiger partial charge in [-0.25, -0.2) is 4.57 Å². The Bertz CT molecular complexity index is 1160. The van der Waals surface area contributed by atoms with Gasteiger partial charge < -0.3 is 20.1 Å². The van der Waals surface area contributed by atoms with Gasteiger partial charge in [-0.1, -0.05) is 164 Å². The van der Waals surface area contributed by atoms with Crippen LogP contribution in [-0.4, -0.2) is 49.3 Å². The summed E-state index contributed by atoms with van der Waals surface area (Å²) in [5.41, 5.74) is 5.35. The molecule has 0 radical (unpaired) electrons. The highest BCUT2D eigenvalue weighted by atomic mass is 31.2. The van der Waals surface area contributed by atoms with E-state index in [0.717, 1.165) is 96.3 Å². The maximum Gasteiger partial charge on any atom is 0.472 e. The number of nitrogens with two attached hydrogens (primary N) is 1. The third-order valence-electron chi connectivity index (χ3n) is 9.06. The first-order valence-electron chi connectivity index (χ1n) is 22.4. The smallest absolute Gasteiger partial charge is 0.462 e. The van der Waals surface area contributed by atoms with Gasteiger partial charge in [0.2, 0.25) is 0 Å². The Kier molecular flexibility index (Phi) is 41.1. The van der Waals surface area contributed by atoms with Crippen molar-refractivity contribution in [3.8, 4) is 0 Å². The Morgan fingerprint density at radius 1 is 0.544 bits per heavy atom. The zero-order chi connectivity index (χ0) is 41.8.